The summed E-state index contributed by atoms with van der Waals surface area (Å²) < 4.78 is 0. The number of rotatable bonds is 2. The van der Waals surface area contributed by atoms with E-state index in [-0.39, 0.29) is 10.7 Å². The molecule has 0 aliphatic rings. The molecule has 1 heterocycles. The van der Waals surface area contributed by atoms with Gasteiger partial charge >= 0.3 is 0 Å². The Morgan fingerprint density at radius 3 is 2.76 bits per heavy atom. The van der Waals surface area contributed by atoms with E-state index in [1.165, 1.54) is 12.3 Å². The van der Waals surface area contributed by atoms with E-state index in [2.05, 4.69) is 9.83 Å². The van der Waals surface area contributed by atoms with Gasteiger partial charge in [0.05, 0.1) is 17.1 Å². The van der Waals surface area contributed by atoms with Gasteiger partial charge in [0.2, 0.25) is 5.69 Å². The number of hydrogen-bond acceptors (Lipinski definition) is 2. The van der Waals surface area contributed by atoms with Gasteiger partial charge in [0, 0.05) is 11.8 Å². The molecule has 0 radical (unpaired) electrons. The van der Waals surface area contributed by atoms with E-state index in [0.29, 0.717) is 16.8 Å². The van der Waals surface area contributed by atoms with Crippen LogP contribution in [0.25, 0.3) is 16.0 Å². The van der Waals surface area contributed by atoms with Crippen molar-refractivity contribution in [3.8, 4) is 11.1 Å². The third-order valence-electron chi connectivity index (χ3n) is 2.30. The van der Waals surface area contributed by atoms with Crippen LogP contribution in [-0.2, 0) is 0 Å². The Balaban J connectivity index is 2.73. The monoisotopic (exact) mass is 247 g/mol. The van der Waals surface area contributed by atoms with Crippen LogP contribution in [-0.4, -0.2) is 9.91 Å². The van der Waals surface area contributed by atoms with Gasteiger partial charge in [-0.2, -0.15) is 0 Å². The molecule has 1 N–H and O–H groups in total. The second-order valence-electron chi connectivity index (χ2n) is 3.26. The van der Waals surface area contributed by atoms with Gasteiger partial charge in [-0.05, 0) is 18.3 Å². The maximum absolute atomic E-state index is 11.0. The number of benzene rings is 1. The topological polar surface area (TPSA) is 63.3 Å². The average Bonchev–Trinajstić information content (AvgIpc) is 2.75. The number of nitro benzene ring substituents is 1. The molecule has 0 saturated heterocycles. The fraction of sp³-hybridized carbons (Fsp3) is 0. The molecular formula is C11H6ClN3O2. The molecule has 0 bridgehead atoms. The summed E-state index contributed by atoms with van der Waals surface area (Å²) in [6.45, 7) is 6.98. The summed E-state index contributed by atoms with van der Waals surface area (Å²) in [5.74, 6) is 0. The van der Waals surface area contributed by atoms with Crippen LogP contribution < -0.4 is 0 Å². The largest absolute Gasteiger partial charge is 0.378 e. The van der Waals surface area contributed by atoms with Gasteiger partial charge < -0.3 is 4.98 Å². The van der Waals surface area contributed by atoms with Crippen molar-refractivity contribution in [2.75, 3.05) is 0 Å². The van der Waals surface area contributed by atoms with Gasteiger partial charge in [0.15, 0.2) is 0 Å². The normalized spacial score (nSPS) is 9.88. The summed E-state index contributed by atoms with van der Waals surface area (Å²) in [6, 6.07) is 4.64. The number of nitro groups is 1. The number of H-pyrrole nitrogens is 1. The predicted molar refractivity (Wildman–Crippen MR) is 64.2 cm³/mol. The Kier molecular flexibility index (Phi) is 2.81. The average molecular weight is 248 g/mol. The third-order valence-corrected chi connectivity index (χ3v) is 2.61. The lowest BCUT2D eigenvalue weighted by molar-refractivity contribution is -0.384. The Morgan fingerprint density at radius 1 is 1.35 bits per heavy atom. The summed E-state index contributed by atoms with van der Waals surface area (Å²) in [7, 11) is 0. The van der Waals surface area contributed by atoms with E-state index >= 15 is 0 Å². The Hall–Kier alpha value is -2.32. The van der Waals surface area contributed by atoms with E-state index in [1.54, 1.807) is 18.3 Å². The highest BCUT2D eigenvalue weighted by molar-refractivity contribution is 6.33. The van der Waals surface area contributed by atoms with Crippen molar-refractivity contribution in [1.82, 2.24) is 4.98 Å². The maximum Gasteiger partial charge on any atom is 0.294 e. The molecule has 2 aromatic rings. The molecule has 0 atom stereocenters. The minimum Gasteiger partial charge on any atom is -0.378 e. The molecule has 0 spiro atoms. The Labute approximate surface area is 102 Å². The van der Waals surface area contributed by atoms with E-state index in [0.717, 1.165) is 0 Å². The number of aromatic nitrogens is 1. The lowest BCUT2D eigenvalue weighted by atomic mass is 10.1. The van der Waals surface area contributed by atoms with Crippen molar-refractivity contribution in [1.29, 1.82) is 0 Å². The van der Waals surface area contributed by atoms with Gasteiger partial charge in [-0.1, -0.05) is 17.7 Å². The molecule has 0 aliphatic carbocycles. The first kappa shape index (κ1) is 11.2. The first-order chi connectivity index (χ1) is 8.15. The van der Waals surface area contributed by atoms with Crippen molar-refractivity contribution in [2.45, 2.75) is 0 Å². The van der Waals surface area contributed by atoms with Gasteiger partial charge in [-0.25, -0.2) is 4.85 Å². The van der Waals surface area contributed by atoms with Crippen LogP contribution in [0.2, 0.25) is 5.02 Å². The van der Waals surface area contributed by atoms with E-state index in [1.807, 2.05) is 0 Å². The van der Waals surface area contributed by atoms with Crippen LogP contribution in [0, 0.1) is 16.7 Å². The summed E-state index contributed by atoms with van der Waals surface area (Å²) in [5, 5.41) is 11.0. The molecule has 6 heteroatoms. The van der Waals surface area contributed by atoms with E-state index in [9.17, 15) is 10.1 Å². The standard InChI is InChI=1S/C11H6ClN3O2/c1-13-10-6-14-5-8(10)7-3-2-4-9(12)11(7)15(16)17/h2-6,14H. The van der Waals surface area contributed by atoms with Crippen LogP contribution in [0.4, 0.5) is 11.4 Å². The molecule has 0 saturated carbocycles. The molecule has 0 aliphatic heterocycles. The Bertz CT molecular complexity index is 628. The van der Waals surface area contributed by atoms with Crippen LogP contribution >= 0.6 is 11.6 Å². The number of halogens is 1. The van der Waals surface area contributed by atoms with Crippen molar-refractivity contribution in [3.63, 3.8) is 0 Å². The van der Waals surface area contributed by atoms with Gasteiger partial charge in [0.1, 0.15) is 5.02 Å². The molecule has 1 aromatic heterocycles. The van der Waals surface area contributed by atoms with Crippen molar-refractivity contribution >= 4 is 23.0 Å². The smallest absolute Gasteiger partial charge is 0.294 e. The third kappa shape index (κ3) is 1.86. The van der Waals surface area contributed by atoms with Gasteiger partial charge in [-0.3, -0.25) is 10.1 Å². The molecular weight excluding hydrogens is 242 g/mol. The summed E-state index contributed by atoms with van der Waals surface area (Å²) in [5.41, 5.74) is 0.970. The lowest BCUT2D eigenvalue weighted by Crippen LogP contribution is -1.92. The maximum atomic E-state index is 11.0. The molecule has 2 rings (SSSR count). The molecule has 5 nitrogen and oxygen atoms in total. The first-order valence-electron chi connectivity index (χ1n) is 4.62. The predicted octanol–water partition coefficient (Wildman–Crippen LogP) is 3.79. The van der Waals surface area contributed by atoms with Crippen LogP contribution in [0.5, 0.6) is 0 Å². The van der Waals surface area contributed by atoms with E-state index in [4.69, 9.17) is 18.2 Å². The number of para-hydroxylation sites is 1. The van der Waals surface area contributed by atoms with E-state index < -0.39 is 4.92 Å². The quantitative estimate of drug-likeness (QED) is 0.498. The lowest BCUT2D eigenvalue weighted by Gasteiger charge is -2.02. The Morgan fingerprint density at radius 2 is 2.12 bits per heavy atom. The number of hydrogen-bond donors (Lipinski definition) is 1. The van der Waals surface area contributed by atoms with Crippen molar-refractivity contribution < 1.29 is 4.92 Å². The first-order valence-corrected chi connectivity index (χ1v) is 5.00. The van der Waals surface area contributed by atoms with Gasteiger partial charge in [-0.15, -0.1) is 0 Å². The van der Waals surface area contributed by atoms with Crippen molar-refractivity contribution in [3.05, 3.63) is 57.1 Å². The second-order valence-corrected chi connectivity index (χ2v) is 3.67. The highest BCUT2D eigenvalue weighted by Gasteiger charge is 2.21. The zero-order valence-electron chi connectivity index (χ0n) is 8.48. The van der Waals surface area contributed by atoms with Crippen molar-refractivity contribution in [2.24, 2.45) is 0 Å². The zero-order valence-corrected chi connectivity index (χ0v) is 9.23. The highest BCUT2D eigenvalue weighted by Crippen LogP contribution is 2.39. The molecule has 84 valence electrons. The number of aromatic amines is 1. The molecule has 17 heavy (non-hydrogen) atoms. The van der Waals surface area contributed by atoms with Crippen LogP contribution in [0.15, 0.2) is 30.6 Å². The number of nitrogens with zero attached hydrogens (tertiary/aromatic N) is 2. The molecule has 0 amide bonds. The second kappa shape index (κ2) is 4.28. The molecule has 1 aromatic carbocycles. The molecule has 0 fully saturated rings. The summed E-state index contributed by atoms with van der Waals surface area (Å²) in [4.78, 5) is 16.5. The SMILES string of the molecule is [C-]#[N+]c1c[nH]cc1-c1cccc(Cl)c1[N+](=O)[O-]. The van der Waals surface area contributed by atoms with Crippen LogP contribution in [0.1, 0.15) is 0 Å². The summed E-state index contributed by atoms with van der Waals surface area (Å²) in [6.07, 6.45) is 3.04. The fourth-order valence-electron chi connectivity index (χ4n) is 1.58. The van der Waals surface area contributed by atoms with Gasteiger partial charge in [0.25, 0.3) is 5.69 Å². The highest BCUT2D eigenvalue weighted by atomic mass is 35.5. The summed E-state index contributed by atoms with van der Waals surface area (Å²) >= 11 is 5.81. The molecule has 0 unspecified atom stereocenters. The van der Waals surface area contributed by atoms with Crippen LogP contribution in [0.3, 0.4) is 0 Å². The zero-order chi connectivity index (χ0) is 12.4. The fourth-order valence-corrected chi connectivity index (χ4v) is 1.83. The number of nitrogens with one attached hydrogen (secondary N) is 1. The minimum absolute atomic E-state index is 0.0598. The minimum atomic E-state index is -0.543.